The molecule has 102 valence electrons. The Labute approximate surface area is 109 Å². The monoisotopic (exact) mass is 268 g/mol. The summed E-state index contributed by atoms with van der Waals surface area (Å²) in [7, 11) is 1.44. The number of hydrogen-bond donors (Lipinski definition) is 1. The maximum absolute atomic E-state index is 12.8. The van der Waals surface area contributed by atoms with Gasteiger partial charge in [0.25, 0.3) is 0 Å². The Kier molecular flexibility index (Phi) is 3.84. The molecule has 7 heteroatoms. The number of nitrogens with zero attached hydrogens (tertiary/aromatic N) is 1. The highest BCUT2D eigenvalue weighted by molar-refractivity contribution is 5.89. The van der Waals surface area contributed by atoms with Crippen molar-refractivity contribution in [1.29, 1.82) is 0 Å². The van der Waals surface area contributed by atoms with Crippen LogP contribution in [-0.2, 0) is 9.47 Å². The van der Waals surface area contributed by atoms with Crippen LogP contribution in [0.15, 0.2) is 24.3 Å². The predicted molar refractivity (Wildman–Crippen MR) is 64.4 cm³/mol. The number of carbonyl (C=O) groups excluding carboxylic acids is 2. The molecule has 1 atom stereocenters. The van der Waals surface area contributed by atoms with Crippen molar-refractivity contribution in [3.8, 4) is 0 Å². The van der Waals surface area contributed by atoms with Crippen LogP contribution in [-0.4, -0.2) is 38.5 Å². The van der Waals surface area contributed by atoms with Gasteiger partial charge in [0, 0.05) is 12.7 Å². The molecule has 0 spiro atoms. The number of amides is 2. The van der Waals surface area contributed by atoms with E-state index in [0.29, 0.717) is 5.69 Å². The second kappa shape index (κ2) is 5.55. The molecule has 1 aliphatic heterocycles. The van der Waals surface area contributed by atoms with Gasteiger partial charge in [-0.3, -0.25) is 4.90 Å². The first-order chi connectivity index (χ1) is 9.10. The van der Waals surface area contributed by atoms with Crippen LogP contribution < -0.4 is 10.2 Å². The molecule has 0 aromatic heterocycles. The molecule has 0 radical (unpaired) electrons. The summed E-state index contributed by atoms with van der Waals surface area (Å²) in [6.45, 7) is 0.227. The number of hydrogen-bond acceptors (Lipinski definition) is 4. The van der Waals surface area contributed by atoms with Crippen LogP contribution in [0, 0.1) is 5.82 Å². The van der Waals surface area contributed by atoms with Gasteiger partial charge in [-0.2, -0.15) is 0 Å². The third-order valence-corrected chi connectivity index (χ3v) is 2.62. The van der Waals surface area contributed by atoms with Crippen molar-refractivity contribution >= 4 is 17.9 Å². The zero-order valence-corrected chi connectivity index (χ0v) is 10.3. The predicted octanol–water partition coefficient (Wildman–Crippen LogP) is 1.51. The Balaban J connectivity index is 1.96. The van der Waals surface area contributed by atoms with E-state index in [0.717, 1.165) is 0 Å². The molecule has 1 heterocycles. The molecule has 1 N–H and O–H groups in total. The fourth-order valence-electron chi connectivity index (χ4n) is 1.68. The van der Waals surface area contributed by atoms with Crippen LogP contribution in [0.4, 0.5) is 19.7 Å². The Morgan fingerprint density at radius 2 is 2.21 bits per heavy atom. The van der Waals surface area contributed by atoms with Gasteiger partial charge in [0.2, 0.25) is 0 Å². The molecule has 1 aromatic carbocycles. The van der Waals surface area contributed by atoms with Crippen molar-refractivity contribution in [2.24, 2.45) is 0 Å². The summed E-state index contributed by atoms with van der Waals surface area (Å²) in [6, 6.07) is 5.49. The summed E-state index contributed by atoms with van der Waals surface area (Å²) >= 11 is 0. The number of rotatable bonds is 3. The molecule has 0 aliphatic carbocycles. The summed E-state index contributed by atoms with van der Waals surface area (Å²) in [4.78, 5) is 23.9. The lowest BCUT2D eigenvalue weighted by molar-refractivity contribution is 0.0745. The number of alkyl carbamates (subject to hydrolysis) is 1. The van der Waals surface area contributed by atoms with Gasteiger partial charge >= 0.3 is 12.2 Å². The van der Waals surface area contributed by atoms with Gasteiger partial charge in [-0.05, 0) is 24.3 Å². The van der Waals surface area contributed by atoms with E-state index in [1.165, 1.54) is 36.2 Å². The average Bonchev–Trinajstić information content (AvgIpc) is 2.78. The second-order valence-electron chi connectivity index (χ2n) is 3.94. The molecule has 0 bridgehead atoms. The van der Waals surface area contributed by atoms with Crippen molar-refractivity contribution in [1.82, 2.24) is 5.32 Å². The van der Waals surface area contributed by atoms with E-state index in [2.05, 4.69) is 5.32 Å². The van der Waals surface area contributed by atoms with E-state index in [4.69, 9.17) is 9.47 Å². The molecule has 2 amide bonds. The van der Waals surface area contributed by atoms with E-state index in [-0.39, 0.29) is 19.0 Å². The van der Waals surface area contributed by atoms with Gasteiger partial charge in [0.05, 0.1) is 6.54 Å². The van der Waals surface area contributed by atoms with Crippen LogP contribution in [0.3, 0.4) is 0 Å². The van der Waals surface area contributed by atoms with Crippen molar-refractivity contribution in [3.63, 3.8) is 0 Å². The second-order valence-corrected chi connectivity index (χ2v) is 3.94. The number of carbonyl (C=O) groups is 2. The first-order valence-corrected chi connectivity index (χ1v) is 5.68. The highest BCUT2D eigenvalue weighted by Crippen LogP contribution is 2.21. The van der Waals surface area contributed by atoms with Crippen LogP contribution in [0.1, 0.15) is 0 Å². The van der Waals surface area contributed by atoms with Crippen molar-refractivity contribution in [2.75, 3.05) is 25.1 Å². The molecule has 0 saturated carbocycles. The van der Waals surface area contributed by atoms with E-state index in [1.54, 1.807) is 0 Å². The summed E-state index contributed by atoms with van der Waals surface area (Å²) in [6.07, 6.45) is -1.66. The molecule has 1 aliphatic rings. The molecular weight excluding hydrogens is 255 g/mol. The fraction of sp³-hybridized carbons (Fsp3) is 0.333. The van der Waals surface area contributed by atoms with E-state index in [9.17, 15) is 14.0 Å². The van der Waals surface area contributed by atoms with Gasteiger partial charge < -0.3 is 14.8 Å². The molecule has 1 unspecified atom stereocenters. The minimum absolute atomic E-state index is 0.0247. The molecule has 1 aromatic rings. The first kappa shape index (κ1) is 13.1. The molecule has 2 rings (SSSR count). The summed E-state index contributed by atoms with van der Waals surface area (Å²) in [5.41, 5.74) is 0.536. The number of halogens is 1. The average molecular weight is 268 g/mol. The zero-order chi connectivity index (χ0) is 13.8. The molecule has 1 fully saturated rings. The SMILES string of the molecule is CNC(=O)OCC1CN(c2ccc(F)cc2)C(=O)O1. The lowest BCUT2D eigenvalue weighted by Crippen LogP contribution is -2.28. The number of benzene rings is 1. The topological polar surface area (TPSA) is 67.9 Å². The standard InChI is InChI=1S/C12H13FN2O4/c1-14-11(16)18-7-10-6-15(12(17)19-10)9-4-2-8(13)3-5-9/h2-5,10H,6-7H2,1H3,(H,14,16). The highest BCUT2D eigenvalue weighted by Gasteiger charge is 2.33. The lowest BCUT2D eigenvalue weighted by Gasteiger charge is -2.12. The molecule has 6 nitrogen and oxygen atoms in total. The Hall–Kier alpha value is -2.31. The van der Waals surface area contributed by atoms with Crippen LogP contribution in [0.2, 0.25) is 0 Å². The largest absolute Gasteiger partial charge is 0.446 e. The summed E-state index contributed by atoms with van der Waals surface area (Å²) in [5.74, 6) is -0.379. The van der Waals surface area contributed by atoms with E-state index >= 15 is 0 Å². The van der Waals surface area contributed by atoms with Gasteiger partial charge in [-0.1, -0.05) is 0 Å². The van der Waals surface area contributed by atoms with Gasteiger partial charge in [-0.25, -0.2) is 14.0 Å². The molecule has 1 saturated heterocycles. The molecule has 19 heavy (non-hydrogen) atoms. The smallest absolute Gasteiger partial charge is 0.414 e. The van der Waals surface area contributed by atoms with Crippen molar-refractivity contribution < 1.29 is 23.5 Å². The fourth-order valence-corrected chi connectivity index (χ4v) is 1.68. The van der Waals surface area contributed by atoms with E-state index < -0.39 is 18.3 Å². The summed E-state index contributed by atoms with van der Waals surface area (Å²) in [5, 5.41) is 2.29. The highest BCUT2D eigenvalue weighted by atomic mass is 19.1. The minimum atomic E-state index is -0.587. The number of ether oxygens (including phenoxy) is 2. The number of cyclic esters (lactones) is 1. The first-order valence-electron chi connectivity index (χ1n) is 5.68. The third-order valence-electron chi connectivity index (χ3n) is 2.62. The van der Waals surface area contributed by atoms with Crippen molar-refractivity contribution in [2.45, 2.75) is 6.10 Å². The van der Waals surface area contributed by atoms with E-state index in [1.807, 2.05) is 0 Å². The lowest BCUT2D eigenvalue weighted by atomic mass is 10.2. The number of nitrogens with one attached hydrogen (secondary N) is 1. The molecular formula is C12H13FN2O4. The maximum Gasteiger partial charge on any atom is 0.414 e. The zero-order valence-electron chi connectivity index (χ0n) is 10.3. The van der Waals surface area contributed by atoms with Crippen molar-refractivity contribution in [3.05, 3.63) is 30.1 Å². The Morgan fingerprint density at radius 3 is 2.84 bits per heavy atom. The quantitative estimate of drug-likeness (QED) is 0.902. The number of anilines is 1. The van der Waals surface area contributed by atoms with Gasteiger partial charge in [0.1, 0.15) is 12.4 Å². The normalized spacial score (nSPS) is 18.1. The minimum Gasteiger partial charge on any atom is -0.446 e. The summed E-state index contributed by atoms with van der Waals surface area (Å²) < 4.78 is 22.7. The third kappa shape index (κ3) is 3.12. The van der Waals surface area contributed by atoms with Crippen LogP contribution in [0.25, 0.3) is 0 Å². The van der Waals surface area contributed by atoms with Crippen LogP contribution >= 0.6 is 0 Å². The van der Waals surface area contributed by atoms with Gasteiger partial charge in [0.15, 0.2) is 6.10 Å². The van der Waals surface area contributed by atoms with Gasteiger partial charge in [-0.15, -0.1) is 0 Å². The van der Waals surface area contributed by atoms with Crippen LogP contribution in [0.5, 0.6) is 0 Å². The Bertz CT molecular complexity index is 477. The maximum atomic E-state index is 12.8. The Morgan fingerprint density at radius 1 is 1.53 bits per heavy atom.